The summed E-state index contributed by atoms with van der Waals surface area (Å²) in [6.45, 7) is 3.41. The molecule has 2 heterocycles. The number of carbonyl (C=O) groups is 1. The van der Waals surface area contributed by atoms with Crippen LogP contribution in [0.5, 0.6) is 5.75 Å². The fourth-order valence-electron chi connectivity index (χ4n) is 2.92. The molecular weight excluding hydrogens is 387 g/mol. The molecule has 0 bridgehead atoms. The second-order valence-electron chi connectivity index (χ2n) is 6.95. The van der Waals surface area contributed by atoms with Crippen LogP contribution < -0.4 is 15.4 Å². The van der Waals surface area contributed by atoms with Gasteiger partial charge in [0.1, 0.15) is 11.9 Å². The molecule has 7 nitrogen and oxygen atoms in total. The lowest BCUT2D eigenvalue weighted by atomic mass is 10.1. The summed E-state index contributed by atoms with van der Waals surface area (Å²) in [6.07, 6.45) is -0.341. The van der Waals surface area contributed by atoms with Gasteiger partial charge < -0.3 is 15.0 Å². The molecule has 1 aliphatic rings. The number of anilines is 2. The normalized spacial score (nSPS) is 15.8. The number of halogens is 3. The van der Waals surface area contributed by atoms with Crippen LogP contribution in [0, 0.1) is 6.92 Å². The van der Waals surface area contributed by atoms with Gasteiger partial charge in [-0.25, -0.2) is 9.78 Å². The molecule has 1 aliphatic heterocycles. The van der Waals surface area contributed by atoms with Crippen LogP contribution in [0.25, 0.3) is 0 Å². The summed E-state index contributed by atoms with van der Waals surface area (Å²) < 4.78 is 45.3. The van der Waals surface area contributed by atoms with Crippen molar-refractivity contribution in [1.82, 2.24) is 14.9 Å². The minimum atomic E-state index is -4.54. The number of amides is 2. The zero-order chi connectivity index (χ0) is 21.0. The third-order valence-electron chi connectivity index (χ3n) is 4.54. The number of hydrogen-bond donors (Lipinski definition) is 2. The quantitative estimate of drug-likeness (QED) is 0.800. The molecule has 1 aromatic carbocycles. The van der Waals surface area contributed by atoms with Gasteiger partial charge in [-0.3, -0.25) is 10.3 Å². The molecule has 1 aromatic heterocycles. The number of nitrogens with zero attached hydrogens (tertiary/aromatic N) is 3. The smallest absolute Gasteiger partial charge is 0.416 e. The molecule has 3 rings (SSSR count). The van der Waals surface area contributed by atoms with Crippen molar-refractivity contribution < 1.29 is 22.7 Å². The van der Waals surface area contributed by atoms with Gasteiger partial charge in [0.15, 0.2) is 5.82 Å². The van der Waals surface area contributed by atoms with Gasteiger partial charge in [0.2, 0.25) is 0 Å². The predicted molar refractivity (Wildman–Crippen MR) is 102 cm³/mol. The summed E-state index contributed by atoms with van der Waals surface area (Å²) >= 11 is 0. The molecule has 29 heavy (non-hydrogen) atoms. The van der Waals surface area contributed by atoms with Crippen LogP contribution in [0.3, 0.4) is 0 Å². The van der Waals surface area contributed by atoms with Gasteiger partial charge in [0, 0.05) is 13.1 Å². The van der Waals surface area contributed by atoms with E-state index in [-0.39, 0.29) is 23.4 Å². The zero-order valence-electron chi connectivity index (χ0n) is 16.1. The Morgan fingerprint density at radius 3 is 2.52 bits per heavy atom. The Labute approximate surface area is 166 Å². The number of hydrogen-bond acceptors (Lipinski definition) is 5. The Hall–Kier alpha value is -2.88. The lowest BCUT2D eigenvalue weighted by Gasteiger charge is -2.30. The standard InChI is InChI=1S/C19H22F3N5O2/c1-12-10-24-17(11-23-12)26-18(28)25-15-9-13(19(20,21)22)3-4-16(15)29-14-5-7-27(2)8-6-14/h3-4,9-11,14H,5-8H2,1-2H3,(H2,24,25,26,28). The Morgan fingerprint density at radius 2 is 1.90 bits per heavy atom. The number of aryl methyl sites for hydroxylation is 1. The highest BCUT2D eigenvalue weighted by atomic mass is 19.4. The van der Waals surface area contributed by atoms with Gasteiger partial charge in [-0.1, -0.05) is 0 Å². The molecule has 1 fully saturated rings. The molecule has 0 spiro atoms. The van der Waals surface area contributed by atoms with E-state index in [2.05, 4.69) is 25.5 Å². The molecule has 2 aromatic rings. The van der Waals surface area contributed by atoms with E-state index in [1.165, 1.54) is 18.5 Å². The molecule has 2 amide bonds. The molecule has 10 heteroatoms. The summed E-state index contributed by atoms with van der Waals surface area (Å²) in [5.41, 5.74) is -0.266. The third kappa shape index (κ3) is 5.80. The maximum Gasteiger partial charge on any atom is 0.416 e. The topological polar surface area (TPSA) is 79.4 Å². The molecule has 0 aliphatic carbocycles. The van der Waals surface area contributed by atoms with E-state index in [1.807, 2.05) is 7.05 Å². The first-order valence-electron chi connectivity index (χ1n) is 9.14. The molecule has 0 atom stereocenters. The molecule has 0 unspecified atom stereocenters. The summed E-state index contributed by atoms with van der Waals surface area (Å²) in [5, 5.41) is 4.88. The highest BCUT2D eigenvalue weighted by Crippen LogP contribution is 2.36. The monoisotopic (exact) mass is 409 g/mol. The minimum absolute atomic E-state index is 0.0590. The Morgan fingerprint density at radius 1 is 1.17 bits per heavy atom. The van der Waals surface area contributed by atoms with Gasteiger partial charge in [-0.05, 0) is 45.0 Å². The van der Waals surface area contributed by atoms with Crippen molar-refractivity contribution in [1.29, 1.82) is 0 Å². The van der Waals surface area contributed by atoms with Crippen LogP contribution in [0.2, 0.25) is 0 Å². The van der Waals surface area contributed by atoms with Gasteiger partial charge in [-0.15, -0.1) is 0 Å². The predicted octanol–water partition coefficient (Wildman–Crippen LogP) is 3.92. The van der Waals surface area contributed by atoms with Gasteiger partial charge in [0.05, 0.1) is 29.3 Å². The first kappa shape index (κ1) is 20.8. The van der Waals surface area contributed by atoms with Crippen LogP contribution in [-0.2, 0) is 6.18 Å². The Bertz CT molecular complexity index is 850. The van der Waals surface area contributed by atoms with Crippen LogP contribution in [0.4, 0.5) is 29.5 Å². The number of alkyl halides is 3. The van der Waals surface area contributed by atoms with Crippen molar-refractivity contribution in [2.45, 2.75) is 32.0 Å². The Balaban J connectivity index is 1.77. The van der Waals surface area contributed by atoms with E-state index >= 15 is 0 Å². The highest BCUT2D eigenvalue weighted by molar-refractivity contribution is 6.00. The lowest BCUT2D eigenvalue weighted by molar-refractivity contribution is -0.137. The number of rotatable bonds is 4. The van der Waals surface area contributed by atoms with Crippen LogP contribution in [0.15, 0.2) is 30.6 Å². The number of nitrogens with one attached hydrogen (secondary N) is 2. The number of urea groups is 1. The van der Waals surface area contributed by atoms with Crippen molar-refractivity contribution in [3.63, 3.8) is 0 Å². The SMILES string of the molecule is Cc1cnc(NC(=O)Nc2cc(C(F)(F)F)ccc2OC2CCN(C)CC2)cn1. The average Bonchev–Trinajstić information content (AvgIpc) is 2.66. The molecule has 156 valence electrons. The van der Waals surface area contributed by atoms with Gasteiger partial charge in [-0.2, -0.15) is 13.2 Å². The Kier molecular flexibility index (Phi) is 6.21. The number of benzene rings is 1. The summed E-state index contributed by atoms with van der Waals surface area (Å²) in [4.78, 5) is 22.4. The average molecular weight is 409 g/mol. The fraction of sp³-hybridized carbons (Fsp3) is 0.421. The van der Waals surface area contributed by atoms with Gasteiger partial charge in [0.25, 0.3) is 0 Å². The zero-order valence-corrected chi connectivity index (χ0v) is 16.1. The van der Waals surface area contributed by atoms with Crippen LogP contribution in [-0.4, -0.2) is 47.1 Å². The number of ether oxygens (including phenoxy) is 1. The maximum atomic E-state index is 13.1. The minimum Gasteiger partial charge on any atom is -0.488 e. The van der Waals surface area contributed by atoms with Crippen LogP contribution >= 0.6 is 0 Å². The van der Waals surface area contributed by atoms with E-state index in [0.29, 0.717) is 5.69 Å². The van der Waals surface area contributed by atoms with E-state index in [0.717, 1.165) is 38.1 Å². The maximum absolute atomic E-state index is 13.1. The number of carbonyl (C=O) groups excluding carboxylic acids is 1. The fourth-order valence-corrected chi connectivity index (χ4v) is 2.92. The van der Waals surface area contributed by atoms with E-state index in [9.17, 15) is 18.0 Å². The van der Waals surface area contributed by atoms with E-state index in [1.54, 1.807) is 6.92 Å². The molecule has 0 radical (unpaired) electrons. The number of piperidine rings is 1. The van der Waals surface area contributed by atoms with Crippen molar-refractivity contribution in [2.75, 3.05) is 30.8 Å². The molecule has 1 saturated heterocycles. The number of likely N-dealkylation sites (tertiary alicyclic amines) is 1. The summed E-state index contributed by atoms with van der Waals surface area (Å²) in [7, 11) is 2.00. The van der Waals surface area contributed by atoms with Crippen LogP contribution in [0.1, 0.15) is 24.1 Å². The van der Waals surface area contributed by atoms with Crippen molar-refractivity contribution in [2.24, 2.45) is 0 Å². The van der Waals surface area contributed by atoms with E-state index in [4.69, 9.17) is 4.74 Å². The summed E-state index contributed by atoms with van der Waals surface area (Å²) in [5.74, 6) is 0.371. The largest absolute Gasteiger partial charge is 0.488 e. The van der Waals surface area contributed by atoms with E-state index < -0.39 is 17.8 Å². The second-order valence-corrected chi connectivity index (χ2v) is 6.95. The molecule has 0 saturated carbocycles. The first-order chi connectivity index (χ1) is 13.7. The van der Waals surface area contributed by atoms with Crippen molar-refractivity contribution >= 4 is 17.5 Å². The first-order valence-corrected chi connectivity index (χ1v) is 9.14. The summed E-state index contributed by atoms with van der Waals surface area (Å²) in [6, 6.07) is 2.31. The van der Waals surface area contributed by atoms with Crippen molar-refractivity contribution in [3.05, 3.63) is 41.9 Å². The second kappa shape index (κ2) is 8.64. The van der Waals surface area contributed by atoms with Gasteiger partial charge >= 0.3 is 12.2 Å². The van der Waals surface area contributed by atoms with Crippen molar-refractivity contribution in [3.8, 4) is 5.75 Å². The molecule has 2 N–H and O–H groups in total. The highest BCUT2D eigenvalue weighted by Gasteiger charge is 2.32. The number of aromatic nitrogens is 2. The molecular formula is C19H22F3N5O2. The third-order valence-corrected chi connectivity index (χ3v) is 4.54. The lowest BCUT2D eigenvalue weighted by Crippen LogP contribution is -2.35.